The minimum absolute atomic E-state index is 0.00587. The lowest BCUT2D eigenvalue weighted by Crippen LogP contribution is -2.47. The van der Waals surface area contributed by atoms with Crippen molar-refractivity contribution in [2.45, 2.75) is 30.0 Å². The molecule has 0 radical (unpaired) electrons. The predicted octanol–water partition coefficient (Wildman–Crippen LogP) is 1.64. The Morgan fingerprint density at radius 1 is 1.47 bits per heavy atom. The summed E-state index contributed by atoms with van der Waals surface area (Å²) >= 11 is 1.81. The van der Waals surface area contributed by atoms with Gasteiger partial charge in [-0.2, -0.15) is 16.1 Å². The Bertz CT molecular complexity index is 548. The standard InChI is InChI=1S/C12H19N3O2S2/c1-9-10(2)18-7-6-15(9)19(16,17)12-8-14-5-4-11(12)13-3/h4-5,8-10H,6-7H2,1-3H3,(H,13,14). The molecule has 106 valence electrons. The average Bonchev–Trinajstić information content (AvgIpc) is 2.41. The van der Waals surface area contributed by atoms with Crippen molar-refractivity contribution >= 4 is 27.5 Å². The highest BCUT2D eigenvalue weighted by Gasteiger charge is 2.36. The summed E-state index contributed by atoms with van der Waals surface area (Å²) in [7, 11) is -1.78. The fourth-order valence-corrected chi connectivity index (χ4v) is 5.30. The summed E-state index contributed by atoms with van der Waals surface area (Å²) in [4.78, 5) is 4.20. The van der Waals surface area contributed by atoms with Crippen molar-refractivity contribution in [1.82, 2.24) is 9.29 Å². The van der Waals surface area contributed by atoms with E-state index in [0.717, 1.165) is 5.75 Å². The molecule has 2 atom stereocenters. The molecule has 5 nitrogen and oxygen atoms in total. The van der Waals surface area contributed by atoms with Gasteiger partial charge in [-0.1, -0.05) is 6.92 Å². The first-order chi connectivity index (χ1) is 8.98. The molecule has 7 heteroatoms. The molecule has 0 aromatic carbocycles. The number of hydrogen-bond donors (Lipinski definition) is 1. The second-order valence-corrected chi connectivity index (χ2v) is 7.90. The molecule has 19 heavy (non-hydrogen) atoms. The highest BCUT2D eigenvalue weighted by atomic mass is 32.2. The molecule has 0 amide bonds. The number of hydrogen-bond acceptors (Lipinski definition) is 5. The van der Waals surface area contributed by atoms with Crippen LogP contribution in [0.4, 0.5) is 5.69 Å². The number of anilines is 1. The van der Waals surface area contributed by atoms with Crippen LogP contribution >= 0.6 is 11.8 Å². The van der Waals surface area contributed by atoms with Crippen molar-refractivity contribution in [3.8, 4) is 0 Å². The zero-order valence-corrected chi connectivity index (χ0v) is 13.0. The van der Waals surface area contributed by atoms with Crippen LogP contribution in [0.25, 0.3) is 0 Å². The molecule has 1 aromatic rings. The minimum Gasteiger partial charge on any atom is -0.387 e. The summed E-state index contributed by atoms with van der Waals surface area (Å²) in [5, 5.41) is 3.22. The van der Waals surface area contributed by atoms with Crippen LogP contribution in [0.1, 0.15) is 13.8 Å². The summed E-state index contributed by atoms with van der Waals surface area (Å²) in [5.41, 5.74) is 0.591. The van der Waals surface area contributed by atoms with Crippen molar-refractivity contribution in [3.05, 3.63) is 18.5 Å². The van der Waals surface area contributed by atoms with E-state index in [0.29, 0.717) is 17.5 Å². The lowest BCUT2D eigenvalue weighted by atomic mass is 10.2. The Morgan fingerprint density at radius 2 is 2.21 bits per heavy atom. The molecular weight excluding hydrogens is 282 g/mol. The molecular formula is C12H19N3O2S2. The molecule has 1 fully saturated rings. The summed E-state index contributed by atoms with van der Waals surface area (Å²) < 4.78 is 27.1. The zero-order valence-electron chi connectivity index (χ0n) is 11.3. The van der Waals surface area contributed by atoms with Crippen LogP contribution in [-0.4, -0.2) is 48.3 Å². The van der Waals surface area contributed by atoms with Crippen molar-refractivity contribution in [2.75, 3.05) is 24.7 Å². The van der Waals surface area contributed by atoms with Gasteiger partial charge >= 0.3 is 0 Å². The molecule has 1 aliphatic rings. The molecule has 1 N–H and O–H groups in total. The quantitative estimate of drug-likeness (QED) is 0.919. The van der Waals surface area contributed by atoms with Crippen LogP contribution in [0.5, 0.6) is 0 Å². The molecule has 0 bridgehead atoms. The van der Waals surface area contributed by atoms with Gasteiger partial charge in [0.1, 0.15) is 4.90 Å². The van der Waals surface area contributed by atoms with E-state index in [1.54, 1.807) is 23.6 Å². The van der Waals surface area contributed by atoms with E-state index in [1.807, 2.05) is 18.7 Å². The lowest BCUT2D eigenvalue weighted by molar-refractivity contribution is 0.340. The summed E-state index contributed by atoms with van der Waals surface area (Å²) in [6.07, 6.45) is 3.00. The third-order valence-electron chi connectivity index (χ3n) is 3.47. The van der Waals surface area contributed by atoms with E-state index in [1.165, 1.54) is 6.20 Å². The SMILES string of the molecule is CNc1ccncc1S(=O)(=O)N1CCSC(C)C1C. The van der Waals surface area contributed by atoms with Crippen LogP contribution in [0, 0.1) is 0 Å². The molecule has 2 rings (SSSR count). The van der Waals surface area contributed by atoms with Crippen molar-refractivity contribution < 1.29 is 8.42 Å². The lowest BCUT2D eigenvalue weighted by Gasteiger charge is -2.36. The van der Waals surface area contributed by atoms with E-state index in [9.17, 15) is 8.42 Å². The summed E-state index contributed by atoms with van der Waals surface area (Å²) in [5.74, 6) is 0.833. The van der Waals surface area contributed by atoms with Gasteiger partial charge in [-0.15, -0.1) is 0 Å². The van der Waals surface area contributed by atoms with Crippen molar-refractivity contribution in [1.29, 1.82) is 0 Å². The molecule has 2 unspecified atom stereocenters. The second-order valence-electron chi connectivity index (χ2n) is 4.55. The molecule has 0 saturated carbocycles. The maximum atomic E-state index is 12.8. The number of rotatable bonds is 3. The van der Waals surface area contributed by atoms with Gasteiger partial charge < -0.3 is 5.32 Å². The first-order valence-corrected chi connectivity index (χ1v) is 8.72. The molecule has 0 aliphatic carbocycles. The van der Waals surface area contributed by atoms with E-state index in [-0.39, 0.29) is 10.9 Å². The molecule has 1 saturated heterocycles. The van der Waals surface area contributed by atoms with E-state index < -0.39 is 10.0 Å². The van der Waals surface area contributed by atoms with Crippen molar-refractivity contribution in [3.63, 3.8) is 0 Å². The van der Waals surface area contributed by atoms with Crippen LogP contribution in [0.3, 0.4) is 0 Å². The van der Waals surface area contributed by atoms with Gasteiger partial charge in [0.15, 0.2) is 0 Å². The van der Waals surface area contributed by atoms with Crippen LogP contribution < -0.4 is 5.32 Å². The smallest absolute Gasteiger partial charge is 0.246 e. The molecule has 2 heterocycles. The number of pyridine rings is 1. The van der Waals surface area contributed by atoms with Gasteiger partial charge in [-0.25, -0.2) is 8.42 Å². The van der Waals surface area contributed by atoms with Crippen LogP contribution in [-0.2, 0) is 10.0 Å². The minimum atomic E-state index is -3.49. The Morgan fingerprint density at radius 3 is 2.89 bits per heavy atom. The highest BCUT2D eigenvalue weighted by molar-refractivity contribution is 8.00. The Kier molecular flexibility index (Phi) is 4.37. The van der Waals surface area contributed by atoms with Gasteiger partial charge in [0.2, 0.25) is 10.0 Å². The second kappa shape index (κ2) is 5.68. The first kappa shape index (κ1) is 14.6. The van der Waals surface area contributed by atoms with Gasteiger partial charge in [-0.05, 0) is 13.0 Å². The number of nitrogens with one attached hydrogen (secondary N) is 1. The maximum Gasteiger partial charge on any atom is 0.246 e. The zero-order chi connectivity index (χ0) is 14.0. The normalized spacial score (nSPS) is 25.2. The largest absolute Gasteiger partial charge is 0.387 e. The predicted molar refractivity (Wildman–Crippen MR) is 79.1 cm³/mol. The third-order valence-corrected chi connectivity index (χ3v) is 6.82. The summed E-state index contributed by atoms with van der Waals surface area (Å²) in [6.45, 7) is 4.58. The third kappa shape index (κ3) is 2.73. The van der Waals surface area contributed by atoms with Crippen LogP contribution in [0.2, 0.25) is 0 Å². The highest BCUT2D eigenvalue weighted by Crippen LogP contribution is 2.31. The monoisotopic (exact) mass is 301 g/mol. The number of nitrogens with zero attached hydrogens (tertiary/aromatic N) is 2. The average molecular weight is 301 g/mol. The van der Waals surface area contributed by atoms with Gasteiger partial charge in [0.05, 0.1) is 5.69 Å². The van der Waals surface area contributed by atoms with Gasteiger partial charge in [-0.3, -0.25) is 4.98 Å². The molecule has 1 aromatic heterocycles. The fourth-order valence-electron chi connectivity index (χ4n) is 2.16. The number of thioether (sulfide) groups is 1. The number of aromatic nitrogens is 1. The Labute approximate surface area is 118 Å². The Hall–Kier alpha value is -0.790. The van der Waals surface area contributed by atoms with Gasteiger partial charge in [0.25, 0.3) is 0 Å². The van der Waals surface area contributed by atoms with Gasteiger partial charge in [0, 0.05) is 43.0 Å². The van der Waals surface area contributed by atoms with Crippen LogP contribution in [0.15, 0.2) is 23.4 Å². The number of sulfonamides is 1. The molecule has 0 spiro atoms. The molecule has 1 aliphatic heterocycles. The first-order valence-electron chi connectivity index (χ1n) is 6.23. The fraction of sp³-hybridized carbons (Fsp3) is 0.583. The van der Waals surface area contributed by atoms with E-state index in [2.05, 4.69) is 17.2 Å². The Balaban J connectivity index is 2.42. The summed E-state index contributed by atoms with van der Waals surface area (Å²) in [6, 6.07) is 1.67. The van der Waals surface area contributed by atoms with E-state index >= 15 is 0 Å². The maximum absolute atomic E-state index is 12.8. The van der Waals surface area contributed by atoms with Crippen molar-refractivity contribution in [2.24, 2.45) is 0 Å². The van der Waals surface area contributed by atoms with E-state index in [4.69, 9.17) is 0 Å². The topological polar surface area (TPSA) is 62.3 Å².